The minimum Gasteiger partial charge on any atom is -0.497 e. The van der Waals surface area contributed by atoms with E-state index in [2.05, 4.69) is 27.4 Å². The number of aromatic nitrogens is 2. The van der Waals surface area contributed by atoms with E-state index in [-0.39, 0.29) is 5.28 Å². The maximum absolute atomic E-state index is 5.95. The summed E-state index contributed by atoms with van der Waals surface area (Å²) in [6, 6.07) is 10.2. The molecular weight excluding hydrogens is 318 g/mol. The van der Waals surface area contributed by atoms with Crippen molar-refractivity contribution in [2.24, 2.45) is 0 Å². The van der Waals surface area contributed by atoms with Crippen LogP contribution in [0.25, 0.3) is 10.2 Å². The van der Waals surface area contributed by atoms with Gasteiger partial charge in [0.05, 0.1) is 12.5 Å². The van der Waals surface area contributed by atoms with Crippen LogP contribution in [0.4, 0.5) is 5.82 Å². The van der Waals surface area contributed by atoms with E-state index in [4.69, 9.17) is 16.3 Å². The number of aryl methyl sites for hydroxylation is 1. The molecule has 1 aromatic carbocycles. The van der Waals surface area contributed by atoms with Crippen molar-refractivity contribution < 1.29 is 4.74 Å². The van der Waals surface area contributed by atoms with Crippen LogP contribution < -0.4 is 10.1 Å². The third-order valence-corrected chi connectivity index (χ3v) is 4.37. The van der Waals surface area contributed by atoms with Crippen molar-refractivity contribution in [2.75, 3.05) is 19.0 Å². The fraction of sp³-hybridized carbons (Fsp3) is 0.250. The zero-order valence-electron chi connectivity index (χ0n) is 12.2. The molecule has 0 saturated heterocycles. The summed E-state index contributed by atoms with van der Waals surface area (Å²) in [6.45, 7) is 0.838. The van der Waals surface area contributed by atoms with Gasteiger partial charge in [-0.1, -0.05) is 12.1 Å². The van der Waals surface area contributed by atoms with Crippen molar-refractivity contribution in [3.63, 3.8) is 0 Å². The van der Waals surface area contributed by atoms with Gasteiger partial charge in [-0.3, -0.25) is 0 Å². The predicted octanol–water partition coefficient (Wildman–Crippen LogP) is 4.40. The minimum absolute atomic E-state index is 0.285. The molecule has 3 rings (SSSR count). The number of fused-ring (bicyclic) bond motifs is 1. The van der Waals surface area contributed by atoms with E-state index < -0.39 is 0 Å². The van der Waals surface area contributed by atoms with Crippen molar-refractivity contribution in [2.45, 2.75) is 12.8 Å². The van der Waals surface area contributed by atoms with Crippen LogP contribution in [0.2, 0.25) is 5.28 Å². The Morgan fingerprint density at radius 3 is 2.77 bits per heavy atom. The van der Waals surface area contributed by atoms with Crippen molar-refractivity contribution in [3.05, 3.63) is 46.6 Å². The van der Waals surface area contributed by atoms with Gasteiger partial charge in [0.15, 0.2) is 0 Å². The lowest BCUT2D eigenvalue weighted by Gasteiger charge is -2.07. The number of halogens is 1. The second-order valence-electron chi connectivity index (χ2n) is 4.86. The molecule has 0 bridgehead atoms. The standard InChI is InChI=1S/C16H16ClN3OS/c1-21-12-6-4-11(5-7-12)3-2-9-18-14-13-8-10-22-15(13)20-16(17)19-14/h4-8,10H,2-3,9H2,1H3,(H,18,19,20). The quantitative estimate of drug-likeness (QED) is 0.536. The predicted molar refractivity (Wildman–Crippen MR) is 92.2 cm³/mol. The van der Waals surface area contributed by atoms with E-state index in [1.807, 2.05) is 23.6 Å². The van der Waals surface area contributed by atoms with Gasteiger partial charge in [-0.05, 0) is 53.6 Å². The number of hydrogen-bond acceptors (Lipinski definition) is 5. The Kier molecular flexibility index (Phi) is 4.75. The van der Waals surface area contributed by atoms with Crippen molar-refractivity contribution in [1.29, 1.82) is 0 Å². The van der Waals surface area contributed by atoms with Crippen LogP contribution in [0.3, 0.4) is 0 Å². The van der Waals surface area contributed by atoms with Gasteiger partial charge in [0.25, 0.3) is 0 Å². The number of nitrogens with one attached hydrogen (secondary N) is 1. The Hall–Kier alpha value is -1.85. The smallest absolute Gasteiger partial charge is 0.225 e. The molecule has 0 fully saturated rings. The van der Waals surface area contributed by atoms with Gasteiger partial charge in [-0.2, -0.15) is 0 Å². The zero-order valence-corrected chi connectivity index (χ0v) is 13.7. The first-order chi connectivity index (χ1) is 10.8. The first-order valence-electron chi connectivity index (χ1n) is 7.04. The molecule has 0 spiro atoms. The van der Waals surface area contributed by atoms with Crippen LogP contribution in [0.5, 0.6) is 5.75 Å². The highest BCUT2D eigenvalue weighted by molar-refractivity contribution is 7.16. The van der Waals surface area contributed by atoms with Crippen LogP contribution in [-0.2, 0) is 6.42 Å². The third kappa shape index (κ3) is 3.48. The van der Waals surface area contributed by atoms with Gasteiger partial charge < -0.3 is 10.1 Å². The Labute approximate surface area is 138 Å². The monoisotopic (exact) mass is 333 g/mol. The Morgan fingerprint density at radius 1 is 1.18 bits per heavy atom. The molecule has 22 heavy (non-hydrogen) atoms. The molecule has 0 aliphatic heterocycles. The van der Waals surface area contributed by atoms with E-state index in [9.17, 15) is 0 Å². The summed E-state index contributed by atoms with van der Waals surface area (Å²) in [5, 5.41) is 6.66. The number of nitrogens with zero attached hydrogens (tertiary/aromatic N) is 2. The lowest BCUT2D eigenvalue weighted by Crippen LogP contribution is -2.05. The molecule has 4 nitrogen and oxygen atoms in total. The van der Waals surface area contributed by atoms with Crippen molar-refractivity contribution in [3.8, 4) is 5.75 Å². The summed E-state index contributed by atoms with van der Waals surface area (Å²) in [6.07, 6.45) is 2.02. The highest BCUT2D eigenvalue weighted by atomic mass is 35.5. The maximum atomic E-state index is 5.95. The number of methoxy groups -OCH3 is 1. The molecular formula is C16H16ClN3OS. The van der Waals surface area contributed by atoms with E-state index in [1.165, 1.54) is 5.56 Å². The van der Waals surface area contributed by atoms with E-state index in [1.54, 1.807) is 18.4 Å². The van der Waals surface area contributed by atoms with E-state index in [0.717, 1.165) is 41.2 Å². The van der Waals surface area contributed by atoms with Crippen molar-refractivity contribution >= 4 is 39.0 Å². The number of benzene rings is 1. The maximum Gasteiger partial charge on any atom is 0.225 e. The second kappa shape index (κ2) is 6.94. The van der Waals surface area contributed by atoms with Crippen LogP contribution in [-0.4, -0.2) is 23.6 Å². The Morgan fingerprint density at radius 2 is 2.00 bits per heavy atom. The minimum atomic E-state index is 0.285. The summed E-state index contributed by atoms with van der Waals surface area (Å²) < 4.78 is 5.16. The summed E-state index contributed by atoms with van der Waals surface area (Å²) in [5.41, 5.74) is 1.30. The first kappa shape index (κ1) is 15.1. The van der Waals surface area contributed by atoms with E-state index in [0.29, 0.717) is 0 Å². The zero-order chi connectivity index (χ0) is 15.4. The molecule has 114 valence electrons. The number of ether oxygens (including phenoxy) is 1. The Balaban J connectivity index is 1.56. The molecule has 3 aromatic rings. The molecule has 0 unspecified atom stereocenters. The lowest BCUT2D eigenvalue weighted by molar-refractivity contribution is 0.414. The molecule has 0 aliphatic carbocycles. The molecule has 0 amide bonds. The summed E-state index contributed by atoms with van der Waals surface area (Å²) in [4.78, 5) is 9.40. The SMILES string of the molecule is COc1ccc(CCCNc2nc(Cl)nc3sccc23)cc1. The molecule has 2 aromatic heterocycles. The topological polar surface area (TPSA) is 47.0 Å². The van der Waals surface area contributed by atoms with Crippen LogP contribution in [0.15, 0.2) is 35.7 Å². The highest BCUT2D eigenvalue weighted by Gasteiger charge is 2.07. The number of anilines is 1. The molecule has 0 aliphatic rings. The molecule has 2 heterocycles. The molecule has 6 heteroatoms. The fourth-order valence-corrected chi connectivity index (χ4v) is 3.24. The average Bonchev–Trinajstić information content (AvgIpc) is 3.00. The van der Waals surface area contributed by atoms with Crippen LogP contribution >= 0.6 is 22.9 Å². The normalized spacial score (nSPS) is 10.8. The van der Waals surface area contributed by atoms with Gasteiger partial charge in [-0.25, -0.2) is 9.97 Å². The van der Waals surface area contributed by atoms with Gasteiger partial charge in [0.1, 0.15) is 16.4 Å². The number of rotatable bonds is 6. The number of thiophene rings is 1. The molecule has 1 N–H and O–H groups in total. The molecule has 0 atom stereocenters. The van der Waals surface area contributed by atoms with Crippen LogP contribution in [0, 0.1) is 0 Å². The molecule has 0 saturated carbocycles. The van der Waals surface area contributed by atoms with Gasteiger partial charge in [-0.15, -0.1) is 11.3 Å². The highest BCUT2D eigenvalue weighted by Crippen LogP contribution is 2.26. The van der Waals surface area contributed by atoms with Gasteiger partial charge in [0.2, 0.25) is 5.28 Å². The second-order valence-corrected chi connectivity index (χ2v) is 6.09. The summed E-state index contributed by atoms with van der Waals surface area (Å²) >= 11 is 7.52. The van der Waals surface area contributed by atoms with Crippen LogP contribution in [0.1, 0.15) is 12.0 Å². The summed E-state index contributed by atoms with van der Waals surface area (Å²) in [5.74, 6) is 1.70. The van der Waals surface area contributed by atoms with Crippen molar-refractivity contribution in [1.82, 2.24) is 9.97 Å². The van der Waals surface area contributed by atoms with Gasteiger partial charge in [0, 0.05) is 6.54 Å². The third-order valence-electron chi connectivity index (χ3n) is 3.39. The average molecular weight is 334 g/mol. The fourth-order valence-electron chi connectivity index (χ4n) is 2.26. The largest absolute Gasteiger partial charge is 0.497 e. The number of hydrogen-bond donors (Lipinski definition) is 1. The Bertz CT molecular complexity index is 758. The molecule has 0 radical (unpaired) electrons. The summed E-state index contributed by atoms with van der Waals surface area (Å²) in [7, 11) is 1.68. The first-order valence-corrected chi connectivity index (χ1v) is 8.29. The van der Waals surface area contributed by atoms with E-state index >= 15 is 0 Å². The van der Waals surface area contributed by atoms with Gasteiger partial charge >= 0.3 is 0 Å². The lowest BCUT2D eigenvalue weighted by atomic mass is 10.1.